The van der Waals surface area contributed by atoms with Gasteiger partial charge in [-0.15, -0.1) is 0 Å². The average Bonchev–Trinajstić information content (AvgIpc) is 2.49. The number of hydrogen-bond acceptors (Lipinski definition) is 2. The maximum Gasteiger partial charge on any atom is 0.294 e. The molecule has 2 rings (SSSR count). The number of nitrogen functional groups attached to an aromatic ring is 1. The predicted octanol–water partition coefficient (Wildman–Crippen LogP) is 1.40. The fourth-order valence-electron chi connectivity index (χ4n) is 1.20. The highest BCUT2D eigenvalue weighted by atomic mass is 35.5. The van der Waals surface area contributed by atoms with Gasteiger partial charge < -0.3 is 5.73 Å². The van der Waals surface area contributed by atoms with Crippen LogP contribution < -0.4 is 11.3 Å². The molecule has 0 amide bonds. The first-order valence-corrected chi connectivity index (χ1v) is 4.39. The molecule has 14 heavy (non-hydrogen) atoms. The van der Waals surface area contributed by atoms with E-state index in [0.29, 0.717) is 10.7 Å². The standard InChI is InChI=1S/C9H8ClN3O/c10-6-3-1-2-4-8(6)13-9(14)7(11)5-12-13/h1-5,12H,11H2. The van der Waals surface area contributed by atoms with Crippen LogP contribution >= 0.6 is 11.6 Å². The molecule has 1 aromatic carbocycles. The molecule has 1 heterocycles. The maximum atomic E-state index is 11.5. The number of para-hydroxylation sites is 1. The van der Waals surface area contributed by atoms with Gasteiger partial charge in [-0.05, 0) is 12.1 Å². The molecule has 0 saturated heterocycles. The second-order valence-corrected chi connectivity index (χ2v) is 3.23. The summed E-state index contributed by atoms with van der Waals surface area (Å²) in [4.78, 5) is 11.5. The maximum absolute atomic E-state index is 11.5. The Hall–Kier alpha value is -1.68. The molecule has 72 valence electrons. The van der Waals surface area contributed by atoms with Gasteiger partial charge in [0.25, 0.3) is 5.56 Å². The molecular formula is C9H8ClN3O. The molecule has 0 bridgehead atoms. The Morgan fingerprint density at radius 3 is 2.64 bits per heavy atom. The quantitative estimate of drug-likeness (QED) is 0.746. The first-order valence-electron chi connectivity index (χ1n) is 4.01. The van der Waals surface area contributed by atoms with E-state index in [2.05, 4.69) is 5.10 Å². The molecule has 5 heteroatoms. The summed E-state index contributed by atoms with van der Waals surface area (Å²) in [5, 5.41) is 3.22. The van der Waals surface area contributed by atoms with Crippen LogP contribution in [0, 0.1) is 0 Å². The third-order valence-electron chi connectivity index (χ3n) is 1.89. The van der Waals surface area contributed by atoms with Gasteiger partial charge in [0.15, 0.2) is 0 Å². The normalized spacial score (nSPS) is 10.4. The molecule has 0 saturated carbocycles. The van der Waals surface area contributed by atoms with Gasteiger partial charge >= 0.3 is 0 Å². The van der Waals surface area contributed by atoms with Crippen LogP contribution in [0.3, 0.4) is 0 Å². The minimum Gasteiger partial charge on any atom is -0.393 e. The lowest BCUT2D eigenvalue weighted by atomic mass is 10.3. The van der Waals surface area contributed by atoms with Gasteiger partial charge in [-0.2, -0.15) is 0 Å². The first-order chi connectivity index (χ1) is 6.70. The highest BCUT2D eigenvalue weighted by Crippen LogP contribution is 2.17. The van der Waals surface area contributed by atoms with Crippen molar-refractivity contribution < 1.29 is 0 Å². The van der Waals surface area contributed by atoms with Gasteiger partial charge in [-0.3, -0.25) is 9.89 Å². The lowest BCUT2D eigenvalue weighted by Gasteiger charge is -2.02. The Labute approximate surface area is 84.9 Å². The van der Waals surface area contributed by atoms with Crippen molar-refractivity contribution >= 4 is 17.3 Å². The number of benzene rings is 1. The Kier molecular flexibility index (Phi) is 2.05. The van der Waals surface area contributed by atoms with Gasteiger partial charge in [0.1, 0.15) is 5.69 Å². The predicted molar refractivity (Wildman–Crippen MR) is 55.8 cm³/mol. The van der Waals surface area contributed by atoms with E-state index >= 15 is 0 Å². The third kappa shape index (κ3) is 1.29. The van der Waals surface area contributed by atoms with Crippen LogP contribution in [0.5, 0.6) is 0 Å². The minimum absolute atomic E-state index is 0.171. The summed E-state index contributed by atoms with van der Waals surface area (Å²) in [6.07, 6.45) is 1.44. The first kappa shape index (κ1) is 8.90. The van der Waals surface area contributed by atoms with Crippen LogP contribution in [0.1, 0.15) is 0 Å². The highest BCUT2D eigenvalue weighted by molar-refractivity contribution is 6.32. The van der Waals surface area contributed by atoms with Crippen LogP contribution in [0.2, 0.25) is 5.02 Å². The fourth-order valence-corrected chi connectivity index (χ4v) is 1.42. The van der Waals surface area contributed by atoms with Crippen molar-refractivity contribution in [1.29, 1.82) is 0 Å². The second kappa shape index (κ2) is 3.23. The van der Waals surface area contributed by atoms with Crippen molar-refractivity contribution in [3.63, 3.8) is 0 Å². The van der Waals surface area contributed by atoms with E-state index in [1.165, 1.54) is 10.9 Å². The zero-order valence-corrected chi connectivity index (χ0v) is 7.95. The zero-order valence-electron chi connectivity index (χ0n) is 7.20. The zero-order chi connectivity index (χ0) is 10.1. The molecule has 0 aliphatic rings. The number of rotatable bonds is 1. The largest absolute Gasteiger partial charge is 0.393 e. The van der Waals surface area contributed by atoms with Crippen LogP contribution in [0.15, 0.2) is 35.3 Å². The molecule has 2 aromatic rings. The Bertz CT molecular complexity index is 515. The van der Waals surface area contributed by atoms with Crippen molar-refractivity contribution in [3.8, 4) is 5.69 Å². The number of H-pyrrole nitrogens is 1. The number of halogens is 1. The Balaban J connectivity index is 2.67. The number of nitrogens with zero attached hydrogens (tertiary/aromatic N) is 1. The van der Waals surface area contributed by atoms with E-state index in [-0.39, 0.29) is 11.2 Å². The number of nitrogens with two attached hydrogens (primary N) is 1. The van der Waals surface area contributed by atoms with Gasteiger partial charge in [0, 0.05) is 6.20 Å². The van der Waals surface area contributed by atoms with E-state index < -0.39 is 0 Å². The average molecular weight is 210 g/mol. The smallest absolute Gasteiger partial charge is 0.294 e. The molecular weight excluding hydrogens is 202 g/mol. The summed E-state index contributed by atoms with van der Waals surface area (Å²) in [6, 6.07) is 7.04. The topological polar surface area (TPSA) is 63.8 Å². The molecule has 1 aromatic heterocycles. The lowest BCUT2D eigenvalue weighted by Crippen LogP contribution is -2.16. The van der Waals surface area contributed by atoms with Gasteiger partial charge in [0.05, 0.1) is 10.7 Å². The number of aromatic nitrogens is 2. The number of aromatic amines is 1. The Morgan fingerprint density at radius 1 is 1.36 bits per heavy atom. The molecule has 0 atom stereocenters. The summed E-state index contributed by atoms with van der Waals surface area (Å²) in [5.74, 6) is 0. The molecule has 0 aliphatic heterocycles. The summed E-state index contributed by atoms with van der Waals surface area (Å²) < 4.78 is 1.30. The van der Waals surface area contributed by atoms with Gasteiger partial charge in [0.2, 0.25) is 0 Å². The molecule has 0 spiro atoms. The number of anilines is 1. The fraction of sp³-hybridized carbons (Fsp3) is 0. The Morgan fingerprint density at radius 2 is 2.07 bits per heavy atom. The molecule has 3 N–H and O–H groups in total. The van der Waals surface area contributed by atoms with Crippen LogP contribution in [-0.4, -0.2) is 9.78 Å². The van der Waals surface area contributed by atoms with E-state index in [1.54, 1.807) is 24.3 Å². The summed E-state index contributed by atoms with van der Waals surface area (Å²) in [5.41, 5.74) is 5.89. The van der Waals surface area contributed by atoms with Crippen LogP contribution in [0.25, 0.3) is 5.69 Å². The lowest BCUT2D eigenvalue weighted by molar-refractivity contribution is 0.850. The third-order valence-corrected chi connectivity index (χ3v) is 2.21. The van der Waals surface area contributed by atoms with Crippen molar-refractivity contribution in [3.05, 3.63) is 45.8 Å². The van der Waals surface area contributed by atoms with Gasteiger partial charge in [-0.1, -0.05) is 23.7 Å². The molecule has 0 radical (unpaired) electrons. The van der Waals surface area contributed by atoms with E-state index in [4.69, 9.17) is 17.3 Å². The van der Waals surface area contributed by atoms with E-state index in [9.17, 15) is 4.79 Å². The molecule has 0 fully saturated rings. The van der Waals surface area contributed by atoms with Crippen molar-refractivity contribution in [2.45, 2.75) is 0 Å². The second-order valence-electron chi connectivity index (χ2n) is 2.82. The summed E-state index contributed by atoms with van der Waals surface area (Å²) in [6.45, 7) is 0. The summed E-state index contributed by atoms with van der Waals surface area (Å²) in [7, 11) is 0. The number of hydrogen-bond donors (Lipinski definition) is 2. The van der Waals surface area contributed by atoms with Gasteiger partial charge in [-0.25, -0.2) is 4.68 Å². The van der Waals surface area contributed by atoms with Crippen LogP contribution in [-0.2, 0) is 0 Å². The van der Waals surface area contributed by atoms with E-state index in [1.807, 2.05) is 0 Å². The monoisotopic (exact) mass is 209 g/mol. The highest BCUT2D eigenvalue weighted by Gasteiger charge is 2.06. The van der Waals surface area contributed by atoms with Crippen LogP contribution in [0.4, 0.5) is 5.69 Å². The van der Waals surface area contributed by atoms with Crippen molar-refractivity contribution in [1.82, 2.24) is 9.78 Å². The number of nitrogens with one attached hydrogen (secondary N) is 1. The minimum atomic E-state index is -0.293. The van der Waals surface area contributed by atoms with E-state index in [0.717, 1.165) is 0 Å². The van der Waals surface area contributed by atoms with Crippen molar-refractivity contribution in [2.75, 3.05) is 5.73 Å². The summed E-state index contributed by atoms with van der Waals surface area (Å²) >= 11 is 5.92. The molecule has 0 unspecified atom stereocenters. The molecule has 0 aliphatic carbocycles. The molecule has 4 nitrogen and oxygen atoms in total. The SMILES string of the molecule is Nc1c[nH]n(-c2ccccc2Cl)c1=O. The van der Waals surface area contributed by atoms with Crippen molar-refractivity contribution in [2.24, 2.45) is 0 Å².